The first-order valence-electron chi connectivity index (χ1n) is 6.11. The first-order valence-corrected chi connectivity index (χ1v) is 6.11. The standard InChI is InChI=1S/C13H18F4N2O/c1-8(7-20-2)5-12(19-18)9-3-4-11(14)10(6-9)13(15,16)17/h3-4,6,8,12,19H,5,7,18H2,1-2H3. The molecule has 0 aromatic heterocycles. The maximum Gasteiger partial charge on any atom is 0.419 e. The summed E-state index contributed by atoms with van der Waals surface area (Å²) in [5, 5.41) is 0. The zero-order chi connectivity index (χ0) is 15.3. The third kappa shape index (κ3) is 4.43. The molecule has 2 atom stereocenters. The van der Waals surface area contributed by atoms with Gasteiger partial charge >= 0.3 is 6.18 Å². The van der Waals surface area contributed by atoms with Crippen molar-refractivity contribution < 1.29 is 22.3 Å². The Morgan fingerprint density at radius 3 is 2.50 bits per heavy atom. The number of hydrogen-bond acceptors (Lipinski definition) is 3. The third-order valence-electron chi connectivity index (χ3n) is 2.99. The maximum atomic E-state index is 13.2. The van der Waals surface area contributed by atoms with Crippen molar-refractivity contribution in [1.29, 1.82) is 0 Å². The largest absolute Gasteiger partial charge is 0.419 e. The predicted molar refractivity (Wildman–Crippen MR) is 67.1 cm³/mol. The lowest BCUT2D eigenvalue weighted by Gasteiger charge is -2.21. The second-order valence-electron chi connectivity index (χ2n) is 4.75. The van der Waals surface area contributed by atoms with Gasteiger partial charge in [-0.3, -0.25) is 11.3 Å². The molecule has 7 heteroatoms. The fourth-order valence-electron chi connectivity index (χ4n) is 2.03. The van der Waals surface area contributed by atoms with Crippen molar-refractivity contribution in [3.63, 3.8) is 0 Å². The van der Waals surface area contributed by atoms with Gasteiger partial charge < -0.3 is 4.74 Å². The van der Waals surface area contributed by atoms with E-state index in [1.165, 1.54) is 6.07 Å². The summed E-state index contributed by atoms with van der Waals surface area (Å²) in [7, 11) is 1.54. The van der Waals surface area contributed by atoms with Gasteiger partial charge in [-0.15, -0.1) is 0 Å². The highest BCUT2D eigenvalue weighted by atomic mass is 19.4. The Kier molecular flexibility index (Phi) is 5.91. The van der Waals surface area contributed by atoms with E-state index in [1.807, 2.05) is 6.92 Å². The lowest BCUT2D eigenvalue weighted by molar-refractivity contribution is -0.140. The van der Waals surface area contributed by atoms with Gasteiger partial charge in [0.15, 0.2) is 0 Å². The van der Waals surface area contributed by atoms with Crippen LogP contribution in [0.5, 0.6) is 0 Å². The molecule has 0 bridgehead atoms. The molecule has 0 saturated heterocycles. The molecular weight excluding hydrogens is 276 g/mol. The van der Waals surface area contributed by atoms with Gasteiger partial charge in [0, 0.05) is 19.8 Å². The van der Waals surface area contributed by atoms with Crippen LogP contribution in [0.2, 0.25) is 0 Å². The number of rotatable bonds is 6. The van der Waals surface area contributed by atoms with Gasteiger partial charge in [0.1, 0.15) is 5.82 Å². The van der Waals surface area contributed by atoms with E-state index in [-0.39, 0.29) is 5.92 Å². The van der Waals surface area contributed by atoms with E-state index < -0.39 is 23.6 Å². The van der Waals surface area contributed by atoms with Gasteiger partial charge in [-0.05, 0) is 30.0 Å². The Bertz CT molecular complexity index is 437. The van der Waals surface area contributed by atoms with Crippen LogP contribution in [-0.4, -0.2) is 13.7 Å². The quantitative estimate of drug-likeness (QED) is 0.481. The topological polar surface area (TPSA) is 47.3 Å². The van der Waals surface area contributed by atoms with Gasteiger partial charge in [-0.2, -0.15) is 13.2 Å². The Hall–Kier alpha value is -1.18. The average molecular weight is 294 g/mol. The fourth-order valence-corrected chi connectivity index (χ4v) is 2.03. The molecule has 3 N–H and O–H groups in total. The first kappa shape index (κ1) is 16.9. The maximum absolute atomic E-state index is 13.2. The lowest BCUT2D eigenvalue weighted by Crippen LogP contribution is -2.30. The molecule has 0 aliphatic carbocycles. The van der Waals surface area contributed by atoms with Crippen LogP contribution in [0, 0.1) is 11.7 Å². The molecule has 0 aliphatic rings. The predicted octanol–water partition coefficient (Wildman–Crippen LogP) is 3.02. The number of methoxy groups -OCH3 is 1. The zero-order valence-corrected chi connectivity index (χ0v) is 11.3. The molecule has 0 radical (unpaired) electrons. The summed E-state index contributed by atoms with van der Waals surface area (Å²) in [6.45, 7) is 2.35. The second kappa shape index (κ2) is 7.01. The Labute approximate surface area is 115 Å². The molecule has 1 aromatic rings. The van der Waals surface area contributed by atoms with Crippen molar-refractivity contribution in [3.05, 3.63) is 35.1 Å². The Balaban J connectivity index is 2.99. The lowest BCUT2D eigenvalue weighted by atomic mass is 9.95. The highest BCUT2D eigenvalue weighted by Crippen LogP contribution is 2.33. The number of alkyl halides is 3. The summed E-state index contributed by atoms with van der Waals surface area (Å²) in [5.41, 5.74) is 1.47. The molecule has 0 aliphatic heterocycles. The fraction of sp³-hybridized carbons (Fsp3) is 0.538. The van der Waals surface area contributed by atoms with Crippen LogP contribution < -0.4 is 11.3 Å². The second-order valence-corrected chi connectivity index (χ2v) is 4.75. The van der Waals surface area contributed by atoms with E-state index in [0.29, 0.717) is 18.6 Å². The average Bonchev–Trinajstić information content (AvgIpc) is 2.35. The number of ether oxygens (including phenoxy) is 1. The summed E-state index contributed by atoms with van der Waals surface area (Å²) in [5.74, 6) is 4.19. The van der Waals surface area contributed by atoms with E-state index >= 15 is 0 Å². The molecule has 0 amide bonds. The van der Waals surface area contributed by atoms with E-state index in [0.717, 1.165) is 12.1 Å². The minimum absolute atomic E-state index is 0.0976. The van der Waals surface area contributed by atoms with Crippen LogP contribution >= 0.6 is 0 Å². The molecule has 0 fully saturated rings. The van der Waals surface area contributed by atoms with Crippen LogP contribution in [0.3, 0.4) is 0 Å². The van der Waals surface area contributed by atoms with E-state index in [9.17, 15) is 17.6 Å². The molecule has 1 rings (SSSR count). The molecule has 0 heterocycles. The Morgan fingerprint density at radius 2 is 2.00 bits per heavy atom. The number of hydrazine groups is 1. The van der Waals surface area contributed by atoms with E-state index in [1.54, 1.807) is 7.11 Å². The van der Waals surface area contributed by atoms with Gasteiger partial charge in [-0.25, -0.2) is 4.39 Å². The van der Waals surface area contributed by atoms with Crippen molar-refractivity contribution in [2.24, 2.45) is 11.8 Å². The van der Waals surface area contributed by atoms with E-state index in [2.05, 4.69) is 5.43 Å². The highest BCUT2D eigenvalue weighted by Gasteiger charge is 2.34. The van der Waals surface area contributed by atoms with Gasteiger partial charge in [0.25, 0.3) is 0 Å². The van der Waals surface area contributed by atoms with Crippen molar-refractivity contribution in [2.75, 3.05) is 13.7 Å². The van der Waals surface area contributed by atoms with Crippen LogP contribution in [0.1, 0.15) is 30.5 Å². The molecule has 2 unspecified atom stereocenters. The molecule has 3 nitrogen and oxygen atoms in total. The van der Waals surface area contributed by atoms with Crippen LogP contribution in [0.25, 0.3) is 0 Å². The molecule has 1 aromatic carbocycles. The normalized spacial score (nSPS) is 15.2. The smallest absolute Gasteiger partial charge is 0.384 e. The van der Waals surface area contributed by atoms with Crippen molar-refractivity contribution in [2.45, 2.75) is 25.6 Å². The zero-order valence-electron chi connectivity index (χ0n) is 11.3. The first-order chi connectivity index (χ1) is 9.29. The summed E-state index contributed by atoms with van der Waals surface area (Å²) in [6, 6.07) is 2.40. The van der Waals surface area contributed by atoms with Crippen molar-refractivity contribution in [3.8, 4) is 0 Å². The van der Waals surface area contributed by atoms with Crippen LogP contribution in [-0.2, 0) is 10.9 Å². The van der Waals surface area contributed by atoms with E-state index in [4.69, 9.17) is 10.6 Å². The number of hydrogen-bond donors (Lipinski definition) is 2. The molecule has 0 spiro atoms. The Morgan fingerprint density at radius 1 is 1.35 bits per heavy atom. The minimum Gasteiger partial charge on any atom is -0.384 e. The summed E-state index contributed by atoms with van der Waals surface area (Å²) in [4.78, 5) is 0. The monoisotopic (exact) mass is 294 g/mol. The highest BCUT2D eigenvalue weighted by molar-refractivity contribution is 5.29. The van der Waals surface area contributed by atoms with Gasteiger partial charge in [0.2, 0.25) is 0 Å². The third-order valence-corrected chi connectivity index (χ3v) is 2.99. The SMILES string of the molecule is COCC(C)CC(NN)c1ccc(F)c(C(F)(F)F)c1. The molecule has 0 saturated carbocycles. The number of nitrogens with two attached hydrogens (primary N) is 1. The van der Waals surface area contributed by atoms with Crippen molar-refractivity contribution in [1.82, 2.24) is 5.43 Å². The summed E-state index contributed by atoms with van der Waals surface area (Å²) >= 11 is 0. The summed E-state index contributed by atoms with van der Waals surface area (Å²) < 4.78 is 56.2. The molecular formula is C13H18F4N2O. The number of benzene rings is 1. The molecule has 114 valence electrons. The van der Waals surface area contributed by atoms with Crippen LogP contribution in [0.15, 0.2) is 18.2 Å². The minimum atomic E-state index is -4.72. The van der Waals surface area contributed by atoms with Gasteiger partial charge in [-0.1, -0.05) is 13.0 Å². The van der Waals surface area contributed by atoms with Crippen molar-refractivity contribution >= 4 is 0 Å². The van der Waals surface area contributed by atoms with Crippen LogP contribution in [0.4, 0.5) is 17.6 Å². The van der Waals surface area contributed by atoms with Gasteiger partial charge in [0.05, 0.1) is 5.56 Å². The number of halogens is 4. The number of nitrogens with one attached hydrogen (secondary N) is 1. The molecule has 20 heavy (non-hydrogen) atoms. The summed E-state index contributed by atoms with van der Waals surface area (Å²) in [6.07, 6.45) is -4.25.